The summed E-state index contributed by atoms with van der Waals surface area (Å²) in [5.41, 5.74) is 2.33. The molecule has 0 unspecified atom stereocenters. The van der Waals surface area contributed by atoms with Gasteiger partial charge in [0.05, 0.1) is 24.9 Å². The van der Waals surface area contributed by atoms with Gasteiger partial charge < -0.3 is 10.1 Å². The summed E-state index contributed by atoms with van der Waals surface area (Å²) in [6.07, 6.45) is 1.88. The van der Waals surface area contributed by atoms with E-state index in [0.29, 0.717) is 0 Å². The minimum absolute atomic E-state index is 0.0325. The van der Waals surface area contributed by atoms with E-state index in [0.717, 1.165) is 39.8 Å². The monoisotopic (exact) mass is 399 g/mol. The van der Waals surface area contributed by atoms with Gasteiger partial charge in [0, 0.05) is 28.9 Å². The summed E-state index contributed by atoms with van der Waals surface area (Å²) in [7, 11) is 1.60. The van der Waals surface area contributed by atoms with Crippen LogP contribution in [0, 0.1) is 11.6 Å². The minimum atomic E-state index is -0.813. The number of aromatic nitrogens is 2. The van der Waals surface area contributed by atoms with Crippen LogP contribution in [-0.4, -0.2) is 22.4 Å². The number of amides is 1. The molecule has 0 aliphatic carbocycles. The molecule has 0 radical (unpaired) electrons. The minimum Gasteiger partial charge on any atom is -0.497 e. The number of halogens is 2. The summed E-state index contributed by atoms with van der Waals surface area (Å²) in [5.74, 6) is -1.18. The molecule has 142 valence electrons. The molecule has 28 heavy (non-hydrogen) atoms. The number of thiazole rings is 1. The lowest BCUT2D eigenvalue weighted by Crippen LogP contribution is -2.16. The van der Waals surface area contributed by atoms with Crippen LogP contribution in [0.15, 0.2) is 54.0 Å². The van der Waals surface area contributed by atoms with Crippen LogP contribution in [0.2, 0.25) is 0 Å². The van der Waals surface area contributed by atoms with Crippen molar-refractivity contribution in [2.24, 2.45) is 0 Å². The van der Waals surface area contributed by atoms with E-state index in [1.807, 2.05) is 40.2 Å². The number of rotatable bonds is 5. The maximum atomic E-state index is 13.7. The molecule has 1 amide bonds. The smallest absolute Gasteiger partial charge is 0.230 e. The lowest BCUT2D eigenvalue weighted by molar-refractivity contribution is -0.115. The first-order chi connectivity index (χ1) is 13.5. The number of nitrogens with zero attached hydrogens (tertiary/aromatic N) is 2. The second-order valence-electron chi connectivity index (χ2n) is 6.09. The number of ether oxygens (including phenoxy) is 1. The normalized spacial score (nSPS) is 11.0. The number of carbonyl (C=O) groups is 1. The van der Waals surface area contributed by atoms with Crippen molar-refractivity contribution in [3.05, 3.63) is 71.4 Å². The highest BCUT2D eigenvalue weighted by atomic mass is 32.1. The van der Waals surface area contributed by atoms with Gasteiger partial charge in [0.15, 0.2) is 4.96 Å². The van der Waals surface area contributed by atoms with Crippen LogP contribution < -0.4 is 10.1 Å². The third-order valence-corrected chi connectivity index (χ3v) is 5.08. The maximum Gasteiger partial charge on any atom is 0.230 e. The summed E-state index contributed by atoms with van der Waals surface area (Å²) in [6.45, 7) is 0. The Hall–Kier alpha value is -3.26. The second kappa shape index (κ2) is 7.40. The molecule has 0 fully saturated rings. The molecule has 8 heteroatoms. The Morgan fingerprint density at radius 1 is 1.25 bits per heavy atom. The Balaban J connectivity index is 1.56. The first kappa shape index (κ1) is 18.1. The summed E-state index contributed by atoms with van der Waals surface area (Å²) >= 11 is 1.41. The van der Waals surface area contributed by atoms with E-state index in [-0.39, 0.29) is 12.1 Å². The van der Waals surface area contributed by atoms with Crippen molar-refractivity contribution in [1.82, 2.24) is 9.38 Å². The highest BCUT2D eigenvalue weighted by Gasteiger charge is 2.14. The maximum absolute atomic E-state index is 13.7. The van der Waals surface area contributed by atoms with Gasteiger partial charge >= 0.3 is 0 Å². The molecule has 0 saturated carbocycles. The van der Waals surface area contributed by atoms with Gasteiger partial charge in [0.1, 0.15) is 17.4 Å². The molecule has 0 atom stereocenters. The van der Waals surface area contributed by atoms with Gasteiger partial charge in [-0.1, -0.05) is 12.1 Å². The summed E-state index contributed by atoms with van der Waals surface area (Å²) in [4.78, 5) is 17.6. The van der Waals surface area contributed by atoms with E-state index in [4.69, 9.17) is 4.74 Å². The molecule has 2 aromatic carbocycles. The average molecular weight is 399 g/mol. The number of nitrogens with one attached hydrogen (secondary N) is 1. The Labute approximate surface area is 163 Å². The second-order valence-corrected chi connectivity index (χ2v) is 6.92. The molecule has 0 spiro atoms. The number of benzene rings is 2. The Bertz CT molecular complexity index is 1170. The molecule has 4 aromatic rings. The quantitative estimate of drug-likeness (QED) is 0.536. The number of hydrogen-bond donors (Lipinski definition) is 1. The van der Waals surface area contributed by atoms with Crippen LogP contribution in [-0.2, 0) is 11.2 Å². The van der Waals surface area contributed by atoms with Crippen LogP contribution in [0.3, 0.4) is 0 Å². The molecule has 0 aliphatic rings. The topological polar surface area (TPSA) is 55.6 Å². The van der Waals surface area contributed by atoms with Gasteiger partial charge in [-0.05, 0) is 24.3 Å². The van der Waals surface area contributed by atoms with Gasteiger partial charge in [0.25, 0.3) is 0 Å². The van der Waals surface area contributed by atoms with Gasteiger partial charge in [0.2, 0.25) is 5.91 Å². The number of carbonyl (C=O) groups excluding carboxylic acids is 1. The van der Waals surface area contributed by atoms with Gasteiger partial charge in [-0.3, -0.25) is 9.20 Å². The molecular weight excluding hydrogens is 384 g/mol. The van der Waals surface area contributed by atoms with Gasteiger partial charge in [-0.2, -0.15) is 0 Å². The molecule has 0 saturated heterocycles. The van der Waals surface area contributed by atoms with Crippen molar-refractivity contribution < 1.29 is 18.3 Å². The largest absolute Gasteiger partial charge is 0.497 e. The molecule has 1 N–H and O–H groups in total. The van der Waals surface area contributed by atoms with E-state index < -0.39 is 17.5 Å². The molecule has 4 rings (SSSR count). The van der Waals surface area contributed by atoms with Gasteiger partial charge in [-0.25, -0.2) is 13.8 Å². The van der Waals surface area contributed by atoms with Crippen molar-refractivity contribution in [3.63, 3.8) is 0 Å². The highest BCUT2D eigenvalue weighted by molar-refractivity contribution is 7.15. The van der Waals surface area contributed by atoms with Crippen molar-refractivity contribution in [2.45, 2.75) is 6.42 Å². The third kappa shape index (κ3) is 3.59. The molecule has 0 bridgehead atoms. The Morgan fingerprint density at radius 2 is 2.11 bits per heavy atom. The van der Waals surface area contributed by atoms with Crippen molar-refractivity contribution in [2.75, 3.05) is 12.4 Å². The molecule has 0 aliphatic heterocycles. The first-order valence-electron chi connectivity index (χ1n) is 8.38. The predicted octanol–water partition coefficient (Wildman–Crippen LogP) is 4.53. The Kier molecular flexibility index (Phi) is 4.79. The van der Waals surface area contributed by atoms with Crippen molar-refractivity contribution in [3.8, 4) is 17.0 Å². The summed E-state index contributed by atoms with van der Waals surface area (Å²) in [6, 6.07) is 10.6. The Morgan fingerprint density at radius 3 is 2.89 bits per heavy atom. The number of anilines is 1. The molecule has 2 heterocycles. The van der Waals surface area contributed by atoms with Crippen LogP contribution in [0.4, 0.5) is 14.5 Å². The highest BCUT2D eigenvalue weighted by Crippen LogP contribution is 2.26. The SMILES string of the molecule is COc1cccc(-c2cn3c(CC(=O)Nc4ccc(F)cc4F)csc3n2)c1. The van der Waals surface area contributed by atoms with E-state index in [1.54, 1.807) is 7.11 Å². The first-order valence-corrected chi connectivity index (χ1v) is 9.26. The van der Waals surface area contributed by atoms with Crippen LogP contribution in [0.25, 0.3) is 16.2 Å². The van der Waals surface area contributed by atoms with E-state index >= 15 is 0 Å². The fraction of sp³-hybridized carbons (Fsp3) is 0.100. The fourth-order valence-electron chi connectivity index (χ4n) is 2.83. The standard InChI is InChI=1S/C20H15F2N3O2S/c1-27-15-4-2-3-12(7-15)18-10-25-14(11-28-20(25)24-18)9-19(26)23-17-6-5-13(21)8-16(17)22/h2-8,10-11H,9H2,1H3,(H,23,26). The zero-order valence-electron chi connectivity index (χ0n) is 14.8. The molecule has 2 aromatic heterocycles. The zero-order valence-corrected chi connectivity index (χ0v) is 15.6. The summed E-state index contributed by atoms with van der Waals surface area (Å²) in [5, 5.41) is 4.30. The van der Waals surface area contributed by atoms with Crippen LogP contribution in [0.1, 0.15) is 5.69 Å². The third-order valence-electron chi connectivity index (χ3n) is 4.20. The van der Waals surface area contributed by atoms with Crippen molar-refractivity contribution >= 4 is 27.9 Å². The average Bonchev–Trinajstić information content (AvgIpc) is 3.26. The van der Waals surface area contributed by atoms with Gasteiger partial charge in [-0.15, -0.1) is 11.3 Å². The lowest BCUT2D eigenvalue weighted by Gasteiger charge is -2.06. The van der Waals surface area contributed by atoms with Crippen LogP contribution in [0.5, 0.6) is 5.75 Å². The molecule has 5 nitrogen and oxygen atoms in total. The molecular formula is C20H15F2N3O2S. The number of methoxy groups -OCH3 is 1. The van der Waals surface area contributed by atoms with Crippen molar-refractivity contribution in [1.29, 1.82) is 0 Å². The fourth-order valence-corrected chi connectivity index (χ4v) is 3.70. The van der Waals surface area contributed by atoms with E-state index in [9.17, 15) is 13.6 Å². The number of fused-ring (bicyclic) bond motifs is 1. The predicted molar refractivity (Wildman–Crippen MR) is 104 cm³/mol. The number of imidazole rings is 1. The zero-order chi connectivity index (χ0) is 19.7. The summed E-state index contributed by atoms with van der Waals surface area (Å²) < 4.78 is 33.8. The van der Waals surface area contributed by atoms with Crippen LogP contribution >= 0.6 is 11.3 Å². The number of hydrogen-bond acceptors (Lipinski definition) is 4. The van der Waals surface area contributed by atoms with E-state index in [2.05, 4.69) is 10.3 Å². The van der Waals surface area contributed by atoms with E-state index in [1.165, 1.54) is 17.4 Å². The lowest BCUT2D eigenvalue weighted by atomic mass is 10.1.